The Morgan fingerprint density at radius 1 is 0.542 bits per heavy atom. The number of carboxylic acid groups (broad SMARTS) is 1. The molecule has 0 aliphatic heterocycles. The average Bonchev–Trinajstić information content (AvgIpc) is 3.08. The highest BCUT2D eigenvalue weighted by Crippen LogP contribution is 2.36. The van der Waals surface area contributed by atoms with E-state index in [1.54, 1.807) is 12.1 Å². The minimum Gasteiger partial charge on any atom is -0.492 e. The van der Waals surface area contributed by atoms with E-state index in [2.05, 4.69) is 78.4 Å². The van der Waals surface area contributed by atoms with Gasteiger partial charge in [0, 0.05) is 0 Å². The van der Waals surface area contributed by atoms with E-state index >= 15 is 0 Å². The van der Waals surface area contributed by atoms with Gasteiger partial charge in [0.2, 0.25) is 0 Å². The number of halogens is 1. The zero-order chi connectivity index (χ0) is 34.8. The normalized spacial score (nSPS) is 12.0. The topological polar surface area (TPSA) is 55.8 Å². The van der Waals surface area contributed by atoms with Gasteiger partial charge in [-0.2, -0.15) is 0 Å². The molecular weight excluding hydrogens is 660 g/mol. The van der Waals surface area contributed by atoms with Gasteiger partial charge in [0.05, 0.1) is 18.8 Å². The van der Waals surface area contributed by atoms with Crippen LogP contribution in [-0.2, 0) is 0 Å². The predicted molar refractivity (Wildman–Crippen MR) is 211 cm³/mol. The van der Waals surface area contributed by atoms with Crippen molar-refractivity contribution in [3.05, 3.63) is 70.8 Å². The van der Waals surface area contributed by atoms with Crippen LogP contribution in [-0.4, -0.2) is 24.3 Å². The Balaban J connectivity index is 2.16. The van der Waals surface area contributed by atoms with Gasteiger partial charge in [-0.15, -0.1) is 0 Å². The van der Waals surface area contributed by atoms with Crippen LogP contribution in [0.3, 0.4) is 0 Å². The van der Waals surface area contributed by atoms with Gasteiger partial charge >= 0.3 is 5.97 Å². The lowest BCUT2D eigenvalue weighted by Gasteiger charge is -2.14. The first kappa shape index (κ1) is 43.8. The third-order valence-corrected chi connectivity index (χ3v) is 9.24. The summed E-state index contributed by atoms with van der Waals surface area (Å²) in [4.78, 5) is 11.7. The van der Waals surface area contributed by atoms with Gasteiger partial charge < -0.3 is 14.6 Å². The molecule has 1 rings (SSSR count). The van der Waals surface area contributed by atoms with Gasteiger partial charge in [0.1, 0.15) is 16.0 Å². The summed E-state index contributed by atoms with van der Waals surface area (Å²) in [6, 6.07) is 3.19. The molecule has 1 N–H and O–H groups in total. The third-order valence-electron chi connectivity index (χ3n) is 8.46. The summed E-state index contributed by atoms with van der Waals surface area (Å²) in [7, 11) is 0. The third kappa shape index (κ3) is 25.7. The number of benzene rings is 1. The lowest BCUT2D eigenvalue weighted by atomic mass is 10.1. The molecule has 4 nitrogen and oxygen atoms in total. The van der Waals surface area contributed by atoms with Gasteiger partial charge in [0.15, 0.2) is 0 Å². The molecule has 0 saturated heterocycles. The van der Waals surface area contributed by atoms with Gasteiger partial charge in [-0.05, 0) is 105 Å². The SMILES string of the molecule is CCCCC/C=C\C/C=C\CCCCCCCCOc1cc(C(=O)O)cc(OCCCCCCCC/C=C\C/C=C\CCCCC)c1Br. The molecule has 0 spiro atoms. The number of unbranched alkanes of at least 4 members (excludes halogenated alkanes) is 18. The fourth-order valence-electron chi connectivity index (χ4n) is 5.45. The van der Waals surface area contributed by atoms with E-state index in [4.69, 9.17) is 9.47 Å². The second-order valence-corrected chi connectivity index (χ2v) is 13.8. The van der Waals surface area contributed by atoms with Crippen molar-refractivity contribution in [2.24, 2.45) is 0 Å². The first-order valence-corrected chi connectivity index (χ1v) is 20.3. The number of hydrogen-bond acceptors (Lipinski definition) is 3. The van der Waals surface area contributed by atoms with Gasteiger partial charge in [-0.1, -0.05) is 140 Å². The van der Waals surface area contributed by atoms with E-state index in [9.17, 15) is 9.90 Å². The Morgan fingerprint density at radius 2 is 0.875 bits per heavy atom. The molecule has 0 radical (unpaired) electrons. The second kappa shape index (κ2) is 33.2. The van der Waals surface area contributed by atoms with Crippen LogP contribution in [0.25, 0.3) is 0 Å². The minimum atomic E-state index is -0.973. The molecule has 0 aromatic heterocycles. The molecule has 48 heavy (non-hydrogen) atoms. The van der Waals surface area contributed by atoms with Crippen LogP contribution in [0.2, 0.25) is 0 Å². The number of hydrogen-bond donors (Lipinski definition) is 1. The molecule has 0 amide bonds. The first-order chi connectivity index (χ1) is 23.6. The smallest absolute Gasteiger partial charge is 0.335 e. The van der Waals surface area contributed by atoms with Gasteiger partial charge in [0.25, 0.3) is 0 Å². The molecule has 0 aliphatic rings. The summed E-state index contributed by atoms with van der Waals surface area (Å²) in [5.41, 5.74) is 0.192. The van der Waals surface area contributed by atoms with Crippen molar-refractivity contribution in [3.63, 3.8) is 0 Å². The first-order valence-electron chi connectivity index (χ1n) is 19.5. The lowest BCUT2D eigenvalue weighted by Crippen LogP contribution is -2.05. The molecule has 272 valence electrons. The van der Waals surface area contributed by atoms with Crippen molar-refractivity contribution in [3.8, 4) is 11.5 Å². The van der Waals surface area contributed by atoms with Crippen molar-refractivity contribution in [1.82, 2.24) is 0 Å². The monoisotopic (exact) mass is 728 g/mol. The number of carbonyl (C=O) groups is 1. The number of carboxylic acids is 1. The Labute approximate surface area is 303 Å². The van der Waals surface area contributed by atoms with Crippen molar-refractivity contribution in [1.29, 1.82) is 0 Å². The summed E-state index contributed by atoms with van der Waals surface area (Å²) < 4.78 is 12.7. The minimum absolute atomic E-state index is 0.192. The summed E-state index contributed by atoms with van der Waals surface area (Å²) >= 11 is 3.60. The Bertz CT molecular complexity index is 955. The van der Waals surface area contributed by atoms with E-state index in [-0.39, 0.29) is 5.56 Å². The second-order valence-electron chi connectivity index (χ2n) is 13.0. The van der Waals surface area contributed by atoms with Crippen molar-refractivity contribution >= 4 is 21.9 Å². The molecule has 0 saturated carbocycles. The molecule has 1 aromatic carbocycles. The fraction of sp³-hybridized carbons (Fsp3) is 0.651. The van der Waals surface area contributed by atoms with Crippen molar-refractivity contribution in [2.45, 2.75) is 168 Å². The maximum absolute atomic E-state index is 11.7. The van der Waals surface area contributed by atoms with Gasteiger partial charge in [-0.3, -0.25) is 0 Å². The highest BCUT2D eigenvalue weighted by molar-refractivity contribution is 9.10. The van der Waals surface area contributed by atoms with Crippen LogP contribution in [0.5, 0.6) is 11.5 Å². The molecule has 0 heterocycles. The van der Waals surface area contributed by atoms with Crippen molar-refractivity contribution in [2.75, 3.05) is 13.2 Å². The van der Waals surface area contributed by atoms with E-state index in [1.807, 2.05) is 0 Å². The molecule has 0 unspecified atom stereocenters. The summed E-state index contributed by atoms with van der Waals surface area (Å²) in [5.74, 6) is 0.119. The largest absolute Gasteiger partial charge is 0.492 e. The fourth-order valence-corrected chi connectivity index (χ4v) is 5.91. The van der Waals surface area contributed by atoms with E-state index in [0.717, 1.165) is 38.5 Å². The molecule has 0 bridgehead atoms. The predicted octanol–water partition coefficient (Wildman–Crippen LogP) is 14.5. The van der Waals surface area contributed by atoms with Crippen LogP contribution in [0.1, 0.15) is 178 Å². The van der Waals surface area contributed by atoms with E-state index in [1.165, 1.54) is 116 Å². The Kier molecular flexibility index (Phi) is 30.3. The van der Waals surface area contributed by atoms with E-state index < -0.39 is 5.97 Å². The van der Waals surface area contributed by atoms with Crippen LogP contribution in [0.4, 0.5) is 0 Å². The maximum Gasteiger partial charge on any atom is 0.335 e. The molecule has 5 heteroatoms. The number of allylic oxidation sites excluding steroid dienone is 8. The van der Waals surface area contributed by atoms with Crippen molar-refractivity contribution < 1.29 is 19.4 Å². The number of ether oxygens (including phenoxy) is 2. The Morgan fingerprint density at radius 3 is 1.23 bits per heavy atom. The molecule has 0 aliphatic carbocycles. The zero-order valence-corrected chi connectivity index (χ0v) is 32.3. The summed E-state index contributed by atoms with van der Waals surface area (Å²) in [5, 5.41) is 9.62. The van der Waals surface area contributed by atoms with Crippen LogP contribution in [0, 0.1) is 0 Å². The summed E-state index contributed by atoms with van der Waals surface area (Å²) in [6.07, 6.45) is 47.3. The Hall–Kier alpha value is -2.27. The maximum atomic E-state index is 11.7. The number of aromatic carboxylic acids is 1. The molecule has 1 aromatic rings. The van der Waals surface area contributed by atoms with Crippen LogP contribution < -0.4 is 9.47 Å². The molecular formula is C43H69BrO4. The lowest BCUT2D eigenvalue weighted by molar-refractivity contribution is 0.0695. The zero-order valence-electron chi connectivity index (χ0n) is 30.7. The van der Waals surface area contributed by atoms with Crippen LogP contribution >= 0.6 is 15.9 Å². The molecule has 0 atom stereocenters. The average molecular weight is 730 g/mol. The highest BCUT2D eigenvalue weighted by Gasteiger charge is 2.15. The highest BCUT2D eigenvalue weighted by atomic mass is 79.9. The quantitative estimate of drug-likeness (QED) is 0.0578. The molecule has 0 fully saturated rings. The number of rotatable bonds is 33. The van der Waals surface area contributed by atoms with Crippen LogP contribution in [0.15, 0.2) is 65.2 Å². The van der Waals surface area contributed by atoms with E-state index in [0.29, 0.717) is 29.2 Å². The summed E-state index contributed by atoms with van der Waals surface area (Å²) in [6.45, 7) is 5.64. The van der Waals surface area contributed by atoms with Gasteiger partial charge in [-0.25, -0.2) is 4.79 Å². The standard InChI is InChI=1S/C43H69BrO4/c1-3-5-7-9-11-13-15-17-19-21-23-25-27-29-31-33-35-47-40-37-39(43(45)46)38-41(42(40)44)48-36-34-32-30-28-26-24-22-20-18-16-14-12-10-8-6-4-2/h11-14,17-20,37-38H,3-10,15-16,21-36H2,1-2H3,(H,45,46)/b13-11-,14-12-,19-17-,20-18-.